The summed E-state index contributed by atoms with van der Waals surface area (Å²) < 4.78 is 4.54. The van der Waals surface area contributed by atoms with Crippen LogP contribution in [0.2, 0.25) is 0 Å². The van der Waals surface area contributed by atoms with Gasteiger partial charge in [-0.05, 0) is 34.0 Å². The molecule has 0 bridgehead atoms. The van der Waals surface area contributed by atoms with Gasteiger partial charge in [-0.1, -0.05) is 0 Å². The van der Waals surface area contributed by atoms with Crippen LogP contribution in [0.15, 0.2) is 0 Å². The Kier molecular flexibility index (Phi) is 8.47. The molecule has 0 aromatic heterocycles. The molecule has 0 aliphatic rings. The second-order valence-corrected chi connectivity index (χ2v) is 4.40. The first-order valence-electron chi connectivity index (χ1n) is 5.86. The Morgan fingerprint density at radius 3 is 2.42 bits per heavy atom. The summed E-state index contributed by atoms with van der Waals surface area (Å²) in [7, 11) is 3.85. The fourth-order valence-corrected chi connectivity index (χ4v) is 1.18. The molecular weight excluding hydrogens is 254 g/mol. The zero-order valence-electron chi connectivity index (χ0n) is 11.4. The van der Waals surface area contributed by atoms with Crippen molar-refractivity contribution in [2.24, 2.45) is 0 Å². The largest absolute Gasteiger partial charge is 0.480 e. The van der Waals surface area contributed by atoms with Gasteiger partial charge >= 0.3 is 12.0 Å². The molecule has 3 N–H and O–H groups in total. The quantitative estimate of drug-likeness (QED) is 0.538. The number of carbonyl (C=O) groups excluding carboxylic acids is 2. The van der Waals surface area contributed by atoms with E-state index in [1.54, 1.807) is 0 Å². The van der Waals surface area contributed by atoms with Gasteiger partial charge in [-0.25, -0.2) is 9.59 Å². The maximum absolute atomic E-state index is 11.4. The third-order valence-corrected chi connectivity index (χ3v) is 2.10. The maximum atomic E-state index is 11.4. The fourth-order valence-electron chi connectivity index (χ4n) is 1.18. The minimum Gasteiger partial charge on any atom is -0.480 e. The summed E-state index contributed by atoms with van der Waals surface area (Å²) in [5, 5.41) is 12.9. The van der Waals surface area contributed by atoms with Crippen LogP contribution in [0.1, 0.15) is 13.3 Å². The van der Waals surface area contributed by atoms with Gasteiger partial charge in [-0.15, -0.1) is 0 Å². The van der Waals surface area contributed by atoms with E-state index < -0.39 is 31.1 Å². The molecule has 3 amide bonds. The fraction of sp³-hybridized carbons (Fsp3) is 0.727. The molecule has 0 heterocycles. The summed E-state index contributed by atoms with van der Waals surface area (Å²) in [6, 6.07) is -0.690. The summed E-state index contributed by atoms with van der Waals surface area (Å²) in [6.45, 7) is 1.60. The number of aliphatic carboxylic acids is 1. The molecule has 19 heavy (non-hydrogen) atoms. The van der Waals surface area contributed by atoms with Crippen LogP contribution in [-0.2, 0) is 14.3 Å². The van der Waals surface area contributed by atoms with Crippen LogP contribution in [0.4, 0.5) is 4.79 Å². The van der Waals surface area contributed by atoms with Crippen LogP contribution >= 0.6 is 0 Å². The Morgan fingerprint density at radius 2 is 1.89 bits per heavy atom. The summed E-state index contributed by atoms with van der Waals surface area (Å²) >= 11 is 0. The van der Waals surface area contributed by atoms with Crippen molar-refractivity contribution in [3.05, 3.63) is 0 Å². The molecule has 0 fully saturated rings. The lowest BCUT2D eigenvalue weighted by Crippen LogP contribution is -2.45. The van der Waals surface area contributed by atoms with Gasteiger partial charge in [0.05, 0.1) is 0 Å². The van der Waals surface area contributed by atoms with E-state index in [4.69, 9.17) is 5.11 Å². The Labute approximate surface area is 112 Å². The number of imide groups is 1. The first-order valence-corrected chi connectivity index (χ1v) is 5.86. The molecule has 1 atom stereocenters. The van der Waals surface area contributed by atoms with Gasteiger partial charge in [-0.3, -0.25) is 10.1 Å². The number of rotatable bonds is 8. The van der Waals surface area contributed by atoms with Crippen molar-refractivity contribution in [2.75, 3.05) is 33.9 Å². The van der Waals surface area contributed by atoms with Crippen molar-refractivity contribution in [2.45, 2.75) is 19.4 Å². The molecule has 0 aliphatic heterocycles. The van der Waals surface area contributed by atoms with Crippen LogP contribution in [0.3, 0.4) is 0 Å². The van der Waals surface area contributed by atoms with Crippen LogP contribution in [0, 0.1) is 0 Å². The monoisotopic (exact) mass is 275 g/mol. The Morgan fingerprint density at radius 1 is 1.26 bits per heavy atom. The van der Waals surface area contributed by atoms with E-state index in [9.17, 15) is 14.4 Å². The third-order valence-electron chi connectivity index (χ3n) is 2.10. The van der Waals surface area contributed by atoms with E-state index in [0.717, 1.165) is 13.0 Å². The predicted octanol–water partition coefficient (Wildman–Crippen LogP) is -0.746. The zero-order valence-corrected chi connectivity index (χ0v) is 11.4. The van der Waals surface area contributed by atoms with E-state index >= 15 is 0 Å². The van der Waals surface area contributed by atoms with Crippen LogP contribution in [0.25, 0.3) is 0 Å². The molecule has 110 valence electrons. The minimum atomic E-state index is -1.17. The Balaban J connectivity index is 3.77. The molecule has 0 saturated heterocycles. The molecular formula is C11H21N3O5. The van der Waals surface area contributed by atoms with Gasteiger partial charge in [-0.2, -0.15) is 0 Å². The number of nitrogens with one attached hydrogen (secondary N) is 2. The lowest BCUT2D eigenvalue weighted by atomic mass is 10.2. The summed E-state index contributed by atoms with van der Waals surface area (Å²) in [6.07, 6.45) is 0.754. The standard InChI is InChI=1S/C11H21N3O5/c1-8(4-5-14(2)3)12-11(18)13-9(15)6-19-7-10(16)17/h8H,4-7H2,1-3H3,(H,16,17)(H2,12,13,15,18). The number of hydrogen-bond acceptors (Lipinski definition) is 5. The lowest BCUT2D eigenvalue weighted by Gasteiger charge is -2.16. The Bertz CT molecular complexity index is 319. The highest BCUT2D eigenvalue weighted by atomic mass is 16.5. The van der Waals surface area contributed by atoms with E-state index in [1.807, 2.05) is 25.9 Å². The molecule has 8 heteroatoms. The second kappa shape index (κ2) is 9.29. The van der Waals surface area contributed by atoms with Gasteiger partial charge in [0.1, 0.15) is 13.2 Å². The molecule has 0 aromatic carbocycles. The van der Waals surface area contributed by atoms with E-state index in [-0.39, 0.29) is 6.04 Å². The van der Waals surface area contributed by atoms with Gasteiger partial charge in [0.15, 0.2) is 0 Å². The van der Waals surface area contributed by atoms with Gasteiger partial charge < -0.3 is 20.1 Å². The van der Waals surface area contributed by atoms with Crippen molar-refractivity contribution < 1.29 is 24.2 Å². The van der Waals surface area contributed by atoms with Gasteiger partial charge in [0, 0.05) is 6.04 Å². The number of amides is 3. The highest BCUT2D eigenvalue weighted by Crippen LogP contribution is 1.91. The lowest BCUT2D eigenvalue weighted by molar-refractivity contribution is -0.143. The number of urea groups is 1. The minimum absolute atomic E-state index is 0.0739. The average molecular weight is 275 g/mol. The van der Waals surface area contributed by atoms with E-state index in [2.05, 4.69) is 15.4 Å². The van der Waals surface area contributed by atoms with Gasteiger partial charge in [0.2, 0.25) is 0 Å². The molecule has 1 unspecified atom stereocenters. The van der Waals surface area contributed by atoms with Crippen LogP contribution < -0.4 is 10.6 Å². The van der Waals surface area contributed by atoms with E-state index in [1.165, 1.54) is 0 Å². The smallest absolute Gasteiger partial charge is 0.329 e. The average Bonchev–Trinajstić information content (AvgIpc) is 2.25. The number of carbonyl (C=O) groups is 3. The molecule has 8 nitrogen and oxygen atoms in total. The number of hydrogen-bond donors (Lipinski definition) is 3. The van der Waals surface area contributed by atoms with Crippen molar-refractivity contribution in [3.63, 3.8) is 0 Å². The van der Waals surface area contributed by atoms with Crippen LogP contribution in [0.5, 0.6) is 0 Å². The molecule has 0 aromatic rings. The van der Waals surface area contributed by atoms with Crippen molar-refractivity contribution in [1.82, 2.24) is 15.5 Å². The normalized spacial score (nSPS) is 12.0. The maximum Gasteiger partial charge on any atom is 0.329 e. The van der Waals surface area contributed by atoms with E-state index in [0.29, 0.717) is 0 Å². The highest BCUT2D eigenvalue weighted by molar-refractivity contribution is 5.95. The molecule has 0 rings (SSSR count). The number of carboxylic acids is 1. The first kappa shape index (κ1) is 17.3. The molecule has 0 saturated carbocycles. The molecule has 0 radical (unpaired) electrons. The Hall–Kier alpha value is -1.67. The first-order chi connectivity index (χ1) is 8.81. The van der Waals surface area contributed by atoms with Crippen molar-refractivity contribution >= 4 is 17.9 Å². The number of carboxylic acid groups (broad SMARTS) is 1. The molecule has 0 spiro atoms. The topological polar surface area (TPSA) is 108 Å². The highest BCUT2D eigenvalue weighted by Gasteiger charge is 2.11. The number of nitrogens with zero attached hydrogens (tertiary/aromatic N) is 1. The van der Waals surface area contributed by atoms with Crippen molar-refractivity contribution in [3.8, 4) is 0 Å². The zero-order chi connectivity index (χ0) is 14.8. The summed E-state index contributed by atoms with van der Waals surface area (Å²) in [4.78, 5) is 34.7. The summed E-state index contributed by atoms with van der Waals surface area (Å²) in [5.41, 5.74) is 0. The second-order valence-electron chi connectivity index (χ2n) is 4.40. The SMILES string of the molecule is CC(CCN(C)C)NC(=O)NC(=O)COCC(=O)O. The summed E-state index contributed by atoms with van der Waals surface area (Å²) in [5.74, 6) is -1.85. The van der Waals surface area contributed by atoms with Gasteiger partial charge in [0.25, 0.3) is 5.91 Å². The van der Waals surface area contributed by atoms with Crippen LogP contribution in [-0.4, -0.2) is 67.8 Å². The number of ether oxygens (including phenoxy) is 1. The third kappa shape index (κ3) is 11.2. The van der Waals surface area contributed by atoms with Crippen molar-refractivity contribution in [1.29, 1.82) is 0 Å². The molecule has 0 aliphatic carbocycles. The predicted molar refractivity (Wildman–Crippen MR) is 67.8 cm³/mol.